The number of allylic oxidation sites excluding steroid dienone is 1. The Morgan fingerprint density at radius 1 is 1.07 bits per heavy atom. The third-order valence-corrected chi connectivity index (χ3v) is 2.42. The number of hydrogen-bond acceptors (Lipinski definition) is 1. The third-order valence-electron chi connectivity index (χ3n) is 2.42. The quantitative estimate of drug-likeness (QED) is 0.601. The van der Waals surface area contributed by atoms with Gasteiger partial charge in [-0.25, -0.2) is 0 Å². The van der Waals surface area contributed by atoms with Crippen LogP contribution in [0, 0.1) is 0 Å². The number of rotatable bonds is 0. The van der Waals surface area contributed by atoms with Crippen molar-refractivity contribution in [3.8, 4) is 0 Å². The summed E-state index contributed by atoms with van der Waals surface area (Å²) in [6.07, 6.45) is 9.85. The maximum Gasteiger partial charge on any atom is 0.0639 e. The minimum Gasteiger partial charge on any atom is -0.314 e. The van der Waals surface area contributed by atoms with Crippen molar-refractivity contribution in [1.82, 2.24) is 5.32 Å². The van der Waals surface area contributed by atoms with Gasteiger partial charge in [0.25, 0.3) is 0 Å². The van der Waals surface area contributed by atoms with Gasteiger partial charge in [0.05, 0.1) is 17.6 Å². The van der Waals surface area contributed by atoms with E-state index in [1.165, 1.54) is 11.3 Å². The van der Waals surface area contributed by atoms with Gasteiger partial charge >= 0.3 is 0 Å². The molecule has 1 aromatic rings. The predicted molar refractivity (Wildman–Crippen MR) is 57.3 cm³/mol. The molecule has 0 saturated carbocycles. The number of fused-ring (bicyclic) bond motifs is 3. The van der Waals surface area contributed by atoms with Crippen LogP contribution in [0.15, 0.2) is 54.6 Å². The van der Waals surface area contributed by atoms with E-state index in [9.17, 15) is 0 Å². The molecule has 0 amide bonds. The van der Waals surface area contributed by atoms with Crippen molar-refractivity contribution in [3.63, 3.8) is 0 Å². The number of benzene rings is 1. The molecule has 1 radical (unpaired) electrons. The van der Waals surface area contributed by atoms with Crippen LogP contribution >= 0.6 is 0 Å². The maximum atomic E-state index is 4.10. The molecule has 0 aliphatic carbocycles. The Morgan fingerprint density at radius 2 is 2.00 bits per heavy atom. The first-order valence-corrected chi connectivity index (χ1v) is 4.58. The van der Waals surface area contributed by atoms with E-state index >= 15 is 0 Å². The van der Waals surface area contributed by atoms with Crippen LogP contribution in [0.2, 0.25) is 0 Å². The van der Waals surface area contributed by atoms with Crippen molar-refractivity contribution >= 4 is 11.8 Å². The van der Waals surface area contributed by atoms with Gasteiger partial charge in [-0.15, -0.1) is 0 Å². The second-order valence-corrected chi connectivity index (χ2v) is 3.26. The molecule has 0 aromatic heterocycles. The molecule has 0 atom stereocenters. The lowest BCUT2D eigenvalue weighted by atomic mass is 10.1. The van der Waals surface area contributed by atoms with E-state index in [4.69, 9.17) is 0 Å². The predicted octanol–water partition coefficient (Wildman–Crippen LogP) is 2.45. The molecule has 2 aliphatic heterocycles. The maximum absolute atomic E-state index is 4.10. The Balaban J connectivity index is 2.19. The fourth-order valence-electron chi connectivity index (χ4n) is 1.74. The van der Waals surface area contributed by atoms with E-state index in [1.807, 2.05) is 12.4 Å². The van der Waals surface area contributed by atoms with Gasteiger partial charge in [-0.2, -0.15) is 0 Å². The second kappa shape index (κ2) is 2.77. The average Bonchev–Trinajstić information content (AvgIpc) is 2.29. The van der Waals surface area contributed by atoms with Gasteiger partial charge in [0.1, 0.15) is 0 Å². The summed E-state index contributed by atoms with van der Waals surface area (Å²) in [6.45, 7) is 0. The summed E-state index contributed by atoms with van der Waals surface area (Å²) in [5.41, 5.74) is 3.58. The highest BCUT2D eigenvalue weighted by atomic mass is 15.2. The molecule has 2 aliphatic rings. The van der Waals surface area contributed by atoms with Crippen LogP contribution in [0.1, 0.15) is 5.56 Å². The van der Waals surface area contributed by atoms with E-state index in [0.717, 1.165) is 5.70 Å². The van der Waals surface area contributed by atoms with Crippen LogP contribution in [0.3, 0.4) is 0 Å². The summed E-state index contributed by atoms with van der Waals surface area (Å²) in [6, 6.07) is 8.33. The molecule has 0 bridgehead atoms. The lowest BCUT2D eigenvalue weighted by Gasteiger charge is -2.28. The van der Waals surface area contributed by atoms with Crippen molar-refractivity contribution in [2.45, 2.75) is 0 Å². The first-order valence-electron chi connectivity index (χ1n) is 4.58. The van der Waals surface area contributed by atoms with E-state index in [-0.39, 0.29) is 0 Å². The van der Waals surface area contributed by atoms with Crippen molar-refractivity contribution in [3.05, 3.63) is 60.2 Å². The minimum atomic E-state index is 1.12. The van der Waals surface area contributed by atoms with Crippen LogP contribution < -0.4 is 10.2 Å². The SMILES string of the molecule is C1=CN2C(=C[N]1)C=Cc1ccccc12. The van der Waals surface area contributed by atoms with Gasteiger partial charge < -0.3 is 4.90 Å². The summed E-state index contributed by atoms with van der Waals surface area (Å²) >= 11 is 0. The fourth-order valence-corrected chi connectivity index (χ4v) is 1.74. The fraction of sp³-hybridized carbons (Fsp3) is 0. The van der Waals surface area contributed by atoms with Crippen LogP contribution in [-0.2, 0) is 0 Å². The second-order valence-electron chi connectivity index (χ2n) is 3.26. The highest BCUT2D eigenvalue weighted by Crippen LogP contribution is 2.31. The molecule has 0 fully saturated rings. The largest absolute Gasteiger partial charge is 0.314 e. The number of hydrogen-bond donors (Lipinski definition) is 0. The molecule has 14 heavy (non-hydrogen) atoms. The van der Waals surface area contributed by atoms with Crippen molar-refractivity contribution in [2.24, 2.45) is 0 Å². The molecule has 3 rings (SSSR count). The topological polar surface area (TPSA) is 17.3 Å². The van der Waals surface area contributed by atoms with Crippen molar-refractivity contribution in [1.29, 1.82) is 0 Å². The Bertz CT molecular complexity index is 455. The molecule has 0 saturated heterocycles. The molecule has 2 nitrogen and oxygen atoms in total. The monoisotopic (exact) mass is 181 g/mol. The van der Waals surface area contributed by atoms with Crippen LogP contribution in [0.4, 0.5) is 5.69 Å². The minimum absolute atomic E-state index is 1.12. The van der Waals surface area contributed by atoms with Gasteiger partial charge in [0.2, 0.25) is 0 Å². The van der Waals surface area contributed by atoms with E-state index in [1.54, 1.807) is 6.20 Å². The Kier molecular flexibility index (Phi) is 1.47. The first-order chi connectivity index (χ1) is 6.95. The summed E-state index contributed by atoms with van der Waals surface area (Å²) in [7, 11) is 0. The summed E-state index contributed by atoms with van der Waals surface area (Å²) < 4.78 is 0. The zero-order valence-electron chi connectivity index (χ0n) is 7.59. The molecule has 2 heteroatoms. The van der Waals surface area contributed by atoms with E-state index < -0.39 is 0 Å². The first kappa shape index (κ1) is 7.44. The Morgan fingerprint density at radius 3 is 3.00 bits per heavy atom. The molecule has 0 N–H and O–H groups in total. The summed E-state index contributed by atoms with van der Waals surface area (Å²) in [4.78, 5) is 2.14. The normalized spacial score (nSPS) is 16.9. The highest BCUT2D eigenvalue weighted by molar-refractivity contribution is 5.77. The van der Waals surface area contributed by atoms with Crippen molar-refractivity contribution < 1.29 is 0 Å². The number of nitrogens with zero attached hydrogens (tertiary/aromatic N) is 2. The number of anilines is 1. The number of para-hydroxylation sites is 1. The smallest absolute Gasteiger partial charge is 0.0639 e. The van der Waals surface area contributed by atoms with Crippen LogP contribution in [0.5, 0.6) is 0 Å². The molecule has 2 heterocycles. The Hall–Kier alpha value is -1.96. The summed E-state index contributed by atoms with van der Waals surface area (Å²) in [5.74, 6) is 0. The molecular weight excluding hydrogens is 172 g/mol. The zero-order chi connectivity index (χ0) is 9.38. The molecule has 0 spiro atoms. The highest BCUT2D eigenvalue weighted by Gasteiger charge is 2.16. The van der Waals surface area contributed by atoms with Gasteiger partial charge in [-0.05, 0) is 17.7 Å². The van der Waals surface area contributed by atoms with Crippen LogP contribution in [-0.4, -0.2) is 0 Å². The third kappa shape index (κ3) is 0.973. The molecule has 1 aromatic carbocycles. The Labute approximate surface area is 82.9 Å². The van der Waals surface area contributed by atoms with Gasteiger partial charge in [0, 0.05) is 12.4 Å². The van der Waals surface area contributed by atoms with Crippen LogP contribution in [0.25, 0.3) is 6.08 Å². The summed E-state index contributed by atoms with van der Waals surface area (Å²) in [5, 5.41) is 4.10. The van der Waals surface area contributed by atoms with Gasteiger partial charge in [-0.3, -0.25) is 5.32 Å². The van der Waals surface area contributed by atoms with E-state index in [0.29, 0.717) is 0 Å². The van der Waals surface area contributed by atoms with E-state index in [2.05, 4.69) is 46.6 Å². The molecule has 0 unspecified atom stereocenters. The standard InChI is InChI=1S/C12H9N2/c1-2-4-12-10(3-1)5-6-11-9-13-7-8-14(11)12/h1-9H. The zero-order valence-corrected chi connectivity index (χ0v) is 7.59. The lowest BCUT2D eigenvalue weighted by molar-refractivity contribution is 1.03. The van der Waals surface area contributed by atoms with Gasteiger partial charge in [0.15, 0.2) is 0 Å². The lowest BCUT2D eigenvalue weighted by Crippen LogP contribution is -2.21. The molecule has 67 valence electrons. The van der Waals surface area contributed by atoms with Gasteiger partial charge in [-0.1, -0.05) is 24.3 Å². The molecular formula is C12H9N2. The van der Waals surface area contributed by atoms with Crippen molar-refractivity contribution in [2.75, 3.05) is 4.90 Å². The average molecular weight is 181 g/mol.